The summed E-state index contributed by atoms with van der Waals surface area (Å²) in [5.74, 6) is 0.0117. The molecule has 5 nitrogen and oxygen atoms in total. The highest BCUT2D eigenvalue weighted by molar-refractivity contribution is 6.30. The zero-order valence-electron chi connectivity index (χ0n) is 16.2. The molecule has 3 aromatic carbocycles. The van der Waals surface area contributed by atoms with Gasteiger partial charge in [0.2, 0.25) is 0 Å². The Morgan fingerprint density at radius 3 is 2.23 bits per heavy atom. The molecule has 0 spiro atoms. The minimum atomic E-state index is -0.341. The summed E-state index contributed by atoms with van der Waals surface area (Å²) in [7, 11) is 0. The number of phenolic OH excluding ortho intramolecular Hbond substituents is 1. The van der Waals surface area contributed by atoms with E-state index in [2.05, 4.69) is 0 Å². The fraction of sp³-hybridized carbons (Fsp3) is 0.0833. The van der Waals surface area contributed by atoms with Crippen molar-refractivity contribution >= 4 is 23.2 Å². The van der Waals surface area contributed by atoms with Crippen LogP contribution in [0.2, 0.25) is 5.02 Å². The van der Waals surface area contributed by atoms with Gasteiger partial charge >= 0.3 is 0 Å². The van der Waals surface area contributed by atoms with Crippen molar-refractivity contribution in [3.05, 3.63) is 106 Å². The number of phenols is 1. The van der Waals surface area contributed by atoms with Gasteiger partial charge in [0.05, 0.1) is 17.4 Å². The second-order valence-electron chi connectivity index (χ2n) is 7.24. The van der Waals surface area contributed by atoms with Crippen LogP contribution in [0, 0.1) is 6.92 Å². The van der Waals surface area contributed by atoms with Crippen molar-refractivity contribution in [2.75, 3.05) is 4.90 Å². The minimum Gasteiger partial charge on any atom is -0.508 e. The van der Waals surface area contributed by atoms with E-state index in [9.17, 15) is 9.90 Å². The van der Waals surface area contributed by atoms with Gasteiger partial charge in [0.25, 0.3) is 5.91 Å². The van der Waals surface area contributed by atoms with Gasteiger partial charge in [0.1, 0.15) is 11.4 Å². The van der Waals surface area contributed by atoms with Gasteiger partial charge < -0.3 is 5.11 Å². The smallest absolute Gasteiger partial charge is 0.278 e. The first kappa shape index (κ1) is 18.5. The first-order valence-corrected chi connectivity index (χ1v) is 9.95. The molecule has 4 aromatic rings. The van der Waals surface area contributed by atoms with Crippen LogP contribution in [-0.2, 0) is 0 Å². The maximum absolute atomic E-state index is 13.7. The van der Waals surface area contributed by atoms with Crippen LogP contribution in [0.15, 0.2) is 78.9 Å². The van der Waals surface area contributed by atoms with Crippen molar-refractivity contribution in [1.29, 1.82) is 0 Å². The van der Waals surface area contributed by atoms with E-state index in [1.54, 1.807) is 33.8 Å². The lowest BCUT2D eigenvalue weighted by Crippen LogP contribution is -2.30. The van der Waals surface area contributed by atoms with E-state index >= 15 is 0 Å². The van der Waals surface area contributed by atoms with Crippen molar-refractivity contribution in [2.45, 2.75) is 13.0 Å². The molecule has 1 aromatic heterocycles. The molecular formula is C24H18ClN3O2. The quantitative estimate of drug-likeness (QED) is 0.494. The molecule has 1 N–H and O–H groups in total. The van der Waals surface area contributed by atoms with Crippen LogP contribution in [0.25, 0.3) is 5.69 Å². The molecule has 30 heavy (non-hydrogen) atoms. The van der Waals surface area contributed by atoms with Gasteiger partial charge in [-0.3, -0.25) is 9.69 Å². The number of para-hydroxylation sites is 1. The zero-order valence-corrected chi connectivity index (χ0v) is 16.9. The number of aromatic nitrogens is 2. The number of rotatable bonds is 3. The molecule has 5 rings (SSSR count). The Bertz CT molecular complexity index is 1230. The van der Waals surface area contributed by atoms with Crippen molar-refractivity contribution < 1.29 is 9.90 Å². The van der Waals surface area contributed by atoms with Crippen LogP contribution in [-0.4, -0.2) is 20.8 Å². The zero-order chi connectivity index (χ0) is 20.8. The van der Waals surface area contributed by atoms with E-state index in [4.69, 9.17) is 16.7 Å². The lowest BCUT2D eigenvalue weighted by Gasteiger charge is -2.26. The normalized spacial score (nSPS) is 15.5. The van der Waals surface area contributed by atoms with E-state index in [1.165, 1.54) is 0 Å². The molecule has 1 aliphatic heterocycles. The standard InChI is InChI=1S/C24H18ClN3O2/c1-15-21-22(16-7-9-17(25)10-8-16)27(18-11-13-20(29)14-12-18)24(30)23(21)28(26-15)19-5-3-2-4-6-19/h2-14,22,29H,1H3/t22-/m0/s1. The average Bonchev–Trinajstić information content (AvgIpc) is 3.26. The van der Waals surface area contributed by atoms with E-state index in [-0.39, 0.29) is 17.7 Å². The summed E-state index contributed by atoms with van der Waals surface area (Å²) in [6.07, 6.45) is 0. The molecule has 0 aliphatic carbocycles. The van der Waals surface area contributed by atoms with E-state index in [1.807, 2.05) is 61.5 Å². The van der Waals surface area contributed by atoms with Crippen molar-refractivity contribution in [2.24, 2.45) is 0 Å². The summed E-state index contributed by atoms with van der Waals surface area (Å²) >= 11 is 6.11. The summed E-state index contributed by atoms with van der Waals surface area (Å²) in [5, 5.41) is 15.0. The van der Waals surface area contributed by atoms with Crippen LogP contribution in [0.5, 0.6) is 5.75 Å². The molecule has 1 amide bonds. The van der Waals surface area contributed by atoms with Crippen molar-refractivity contribution in [3.63, 3.8) is 0 Å². The molecule has 0 saturated carbocycles. The number of carbonyl (C=O) groups excluding carboxylic acids is 1. The topological polar surface area (TPSA) is 58.4 Å². The van der Waals surface area contributed by atoms with Crippen LogP contribution in [0.4, 0.5) is 5.69 Å². The third kappa shape index (κ3) is 2.86. The van der Waals surface area contributed by atoms with Gasteiger partial charge in [-0.2, -0.15) is 5.10 Å². The third-order valence-corrected chi connectivity index (χ3v) is 5.63. The number of anilines is 1. The summed E-state index contributed by atoms with van der Waals surface area (Å²) in [6, 6.07) is 23.5. The molecule has 148 valence electrons. The maximum Gasteiger partial charge on any atom is 0.278 e. The fourth-order valence-electron chi connectivity index (χ4n) is 4.03. The highest BCUT2D eigenvalue weighted by Crippen LogP contribution is 2.44. The number of aromatic hydroxyl groups is 1. The molecular weight excluding hydrogens is 398 g/mol. The van der Waals surface area contributed by atoms with Gasteiger partial charge in [0, 0.05) is 16.3 Å². The number of amides is 1. The van der Waals surface area contributed by atoms with Gasteiger partial charge in [-0.25, -0.2) is 4.68 Å². The number of benzene rings is 3. The van der Waals surface area contributed by atoms with E-state index in [0.717, 1.165) is 22.5 Å². The Morgan fingerprint density at radius 1 is 0.900 bits per heavy atom. The molecule has 0 unspecified atom stereocenters. The molecule has 1 aliphatic rings. The Morgan fingerprint density at radius 2 is 1.57 bits per heavy atom. The highest BCUT2D eigenvalue weighted by Gasteiger charge is 2.43. The number of hydrogen-bond donors (Lipinski definition) is 1. The monoisotopic (exact) mass is 415 g/mol. The Labute approximate surface area is 178 Å². The Hall–Kier alpha value is -3.57. The second-order valence-corrected chi connectivity index (χ2v) is 7.68. The number of carbonyl (C=O) groups is 1. The molecule has 6 heteroatoms. The molecule has 2 heterocycles. The number of nitrogens with zero attached hydrogens (tertiary/aromatic N) is 3. The van der Waals surface area contributed by atoms with Crippen molar-refractivity contribution in [1.82, 2.24) is 9.78 Å². The van der Waals surface area contributed by atoms with Gasteiger partial charge in [-0.1, -0.05) is 41.9 Å². The summed E-state index contributed by atoms with van der Waals surface area (Å²) in [5.41, 5.74) is 4.69. The minimum absolute atomic E-state index is 0.139. The van der Waals surface area contributed by atoms with Gasteiger partial charge in [-0.15, -0.1) is 0 Å². The molecule has 0 radical (unpaired) electrons. The van der Waals surface area contributed by atoms with E-state index in [0.29, 0.717) is 16.4 Å². The Balaban J connectivity index is 1.74. The predicted molar refractivity (Wildman–Crippen MR) is 117 cm³/mol. The first-order valence-electron chi connectivity index (χ1n) is 9.57. The molecule has 1 atom stereocenters. The second kappa shape index (κ2) is 7.04. The highest BCUT2D eigenvalue weighted by atomic mass is 35.5. The van der Waals surface area contributed by atoms with Crippen LogP contribution < -0.4 is 4.90 Å². The van der Waals surface area contributed by atoms with E-state index < -0.39 is 0 Å². The first-order chi connectivity index (χ1) is 14.5. The van der Waals surface area contributed by atoms with Gasteiger partial charge in [-0.05, 0) is 61.0 Å². The number of aryl methyl sites for hydroxylation is 1. The third-order valence-electron chi connectivity index (χ3n) is 5.37. The summed E-state index contributed by atoms with van der Waals surface area (Å²) < 4.78 is 1.72. The number of halogens is 1. The average molecular weight is 416 g/mol. The van der Waals surface area contributed by atoms with Gasteiger partial charge in [0.15, 0.2) is 0 Å². The maximum atomic E-state index is 13.7. The lowest BCUT2D eigenvalue weighted by molar-refractivity contribution is 0.0986. The Kier molecular flexibility index (Phi) is 4.33. The fourth-order valence-corrected chi connectivity index (χ4v) is 4.16. The largest absolute Gasteiger partial charge is 0.508 e. The summed E-state index contributed by atoms with van der Waals surface area (Å²) in [6.45, 7) is 1.93. The number of hydrogen-bond acceptors (Lipinski definition) is 3. The predicted octanol–water partition coefficient (Wildman–Crippen LogP) is 5.29. The molecule has 0 fully saturated rings. The molecule has 0 bridgehead atoms. The molecule has 0 saturated heterocycles. The van der Waals surface area contributed by atoms with Crippen LogP contribution >= 0.6 is 11.6 Å². The van der Waals surface area contributed by atoms with Crippen LogP contribution in [0.1, 0.15) is 33.4 Å². The lowest BCUT2D eigenvalue weighted by atomic mass is 9.99. The van der Waals surface area contributed by atoms with Crippen LogP contribution in [0.3, 0.4) is 0 Å². The summed E-state index contributed by atoms with van der Waals surface area (Å²) in [4.78, 5) is 15.5. The SMILES string of the molecule is Cc1nn(-c2ccccc2)c2c1[C@H](c1ccc(Cl)cc1)N(c1ccc(O)cc1)C2=O. The van der Waals surface area contributed by atoms with Crippen molar-refractivity contribution in [3.8, 4) is 11.4 Å². The number of fused-ring (bicyclic) bond motifs is 1.